The molecule has 214 valence electrons. The second kappa shape index (κ2) is 12.8. The smallest absolute Gasteiger partial charge is 0.323 e. The van der Waals surface area contributed by atoms with E-state index in [1.165, 1.54) is 24.3 Å². The van der Waals surface area contributed by atoms with Crippen LogP contribution in [0.25, 0.3) is 0 Å². The molecule has 3 aromatic rings. The van der Waals surface area contributed by atoms with Crippen molar-refractivity contribution < 1.29 is 28.2 Å². The predicted octanol–water partition coefficient (Wildman–Crippen LogP) is 3.99. The van der Waals surface area contributed by atoms with E-state index in [9.17, 15) is 18.8 Å². The third-order valence-electron chi connectivity index (χ3n) is 7.29. The summed E-state index contributed by atoms with van der Waals surface area (Å²) in [6, 6.07) is 13.6. The summed E-state index contributed by atoms with van der Waals surface area (Å²) in [6.07, 6.45) is 5.02. The number of carbonyl (C=O) groups excluding carboxylic acids is 3. The number of anilines is 2. The number of likely N-dealkylation sites (N-methyl/N-ethyl adjacent to an activating group) is 1. The molecule has 3 atom stereocenters. The molecule has 0 unspecified atom stereocenters. The number of nitrogens with zero attached hydrogens (tertiary/aromatic N) is 2. The van der Waals surface area contributed by atoms with E-state index in [0.29, 0.717) is 36.4 Å². The molecule has 2 aromatic carbocycles. The molecule has 0 bridgehead atoms. The van der Waals surface area contributed by atoms with Crippen LogP contribution in [0.15, 0.2) is 67.0 Å². The number of carbonyl (C=O) groups is 3. The lowest BCUT2D eigenvalue weighted by molar-refractivity contribution is -0.134. The number of hydrogen-bond acceptors (Lipinski definition) is 6. The van der Waals surface area contributed by atoms with Gasteiger partial charge in [-0.1, -0.05) is 12.1 Å². The number of pyridine rings is 1. The third-order valence-corrected chi connectivity index (χ3v) is 7.29. The number of benzene rings is 2. The van der Waals surface area contributed by atoms with Crippen LogP contribution in [0.3, 0.4) is 0 Å². The number of urea groups is 1. The maximum absolute atomic E-state index is 13.9. The standard InChI is InChI=1S/C30H32FN5O5/c1-36-25-8-7-21(17-28(37)33-15-12-19-10-13-32-14-11-19)41-27(25)18-40-26-9-6-20(16-22(26)29(36)38)34-30(39)35-24-5-3-2-4-23(24)31/h2-6,9-11,13-14,16,21,25,27H,7-8,12,15,17-18H2,1H3,(H,33,37)(H2,34,35,39)/t21-,25-,27-/m1/s1. The molecule has 3 N–H and O–H groups in total. The van der Waals surface area contributed by atoms with Gasteiger partial charge in [0.2, 0.25) is 5.91 Å². The highest BCUT2D eigenvalue weighted by atomic mass is 19.1. The molecule has 0 radical (unpaired) electrons. The number of ether oxygens (including phenoxy) is 2. The molecule has 3 heterocycles. The SMILES string of the molecule is CN1C(=O)c2cc(NC(=O)Nc3ccccc3F)ccc2OC[C@H]2O[C@@H](CC(=O)NCCc3ccncc3)CC[C@H]21. The summed E-state index contributed by atoms with van der Waals surface area (Å²) >= 11 is 0. The van der Waals surface area contributed by atoms with Crippen LogP contribution in [0, 0.1) is 5.82 Å². The van der Waals surface area contributed by atoms with Crippen LogP contribution in [0.1, 0.15) is 35.2 Å². The van der Waals surface area contributed by atoms with Crippen LogP contribution in [-0.2, 0) is 16.0 Å². The molecule has 0 aliphatic carbocycles. The number of fused-ring (bicyclic) bond motifs is 2. The lowest BCUT2D eigenvalue weighted by atomic mass is 9.94. The van der Waals surface area contributed by atoms with E-state index < -0.39 is 18.0 Å². The van der Waals surface area contributed by atoms with Crippen LogP contribution >= 0.6 is 0 Å². The van der Waals surface area contributed by atoms with Gasteiger partial charge in [0.1, 0.15) is 24.3 Å². The zero-order valence-corrected chi connectivity index (χ0v) is 22.6. The van der Waals surface area contributed by atoms with Gasteiger partial charge in [0, 0.05) is 31.7 Å². The van der Waals surface area contributed by atoms with E-state index in [2.05, 4.69) is 20.9 Å². The molecular formula is C30H32FN5O5. The van der Waals surface area contributed by atoms with E-state index >= 15 is 0 Å². The van der Waals surface area contributed by atoms with Crippen molar-refractivity contribution in [2.75, 3.05) is 30.8 Å². The van der Waals surface area contributed by atoms with Crippen molar-refractivity contribution in [2.24, 2.45) is 0 Å². The minimum atomic E-state index is -0.643. The first-order valence-corrected chi connectivity index (χ1v) is 13.5. The molecular weight excluding hydrogens is 529 g/mol. The number of amides is 4. The van der Waals surface area contributed by atoms with Gasteiger partial charge in [0.25, 0.3) is 5.91 Å². The fourth-order valence-corrected chi connectivity index (χ4v) is 5.13. The van der Waals surface area contributed by atoms with Crippen molar-refractivity contribution in [3.8, 4) is 5.75 Å². The number of halogens is 1. The normalized spacial score (nSPS) is 20.0. The fourth-order valence-electron chi connectivity index (χ4n) is 5.13. The lowest BCUT2D eigenvalue weighted by Crippen LogP contribution is -2.54. The summed E-state index contributed by atoms with van der Waals surface area (Å²) in [4.78, 5) is 44.1. The van der Waals surface area contributed by atoms with Gasteiger partial charge in [-0.15, -0.1) is 0 Å². The number of aromatic nitrogens is 1. The minimum absolute atomic E-state index is 0.0412. The second-order valence-corrected chi connectivity index (χ2v) is 10.1. The molecule has 1 aromatic heterocycles. The Morgan fingerprint density at radius 3 is 2.68 bits per heavy atom. The zero-order valence-electron chi connectivity index (χ0n) is 22.6. The molecule has 5 rings (SSSR count). The summed E-state index contributed by atoms with van der Waals surface area (Å²) < 4.78 is 26.1. The molecule has 2 aliphatic heterocycles. The van der Waals surface area contributed by atoms with Crippen molar-refractivity contribution in [1.29, 1.82) is 0 Å². The highest BCUT2D eigenvalue weighted by molar-refractivity contribution is 6.02. The summed E-state index contributed by atoms with van der Waals surface area (Å²) in [5.74, 6) is -0.550. The Kier molecular flexibility index (Phi) is 8.73. The average Bonchev–Trinajstić information content (AvgIpc) is 2.97. The van der Waals surface area contributed by atoms with Crippen LogP contribution in [0.2, 0.25) is 0 Å². The van der Waals surface area contributed by atoms with Gasteiger partial charge in [-0.25, -0.2) is 9.18 Å². The topological polar surface area (TPSA) is 122 Å². The Hall–Kier alpha value is -4.51. The van der Waals surface area contributed by atoms with Crippen molar-refractivity contribution in [1.82, 2.24) is 15.2 Å². The molecule has 4 amide bonds. The lowest BCUT2D eigenvalue weighted by Gasteiger charge is -2.42. The highest BCUT2D eigenvalue weighted by Gasteiger charge is 2.39. The number of hydrogen-bond donors (Lipinski definition) is 3. The van der Waals surface area contributed by atoms with Crippen molar-refractivity contribution >= 4 is 29.2 Å². The van der Waals surface area contributed by atoms with E-state index in [1.54, 1.807) is 42.5 Å². The molecule has 11 heteroatoms. The second-order valence-electron chi connectivity index (χ2n) is 10.1. The molecule has 41 heavy (non-hydrogen) atoms. The average molecular weight is 562 g/mol. The van der Waals surface area contributed by atoms with Crippen molar-refractivity contribution in [3.05, 3.63) is 83.9 Å². The van der Waals surface area contributed by atoms with Crippen molar-refractivity contribution in [2.45, 2.75) is 43.9 Å². The van der Waals surface area contributed by atoms with Gasteiger partial charge in [-0.05, 0) is 67.3 Å². The quantitative estimate of drug-likeness (QED) is 0.401. The zero-order chi connectivity index (χ0) is 28.8. The van der Waals surface area contributed by atoms with Gasteiger partial charge in [0.15, 0.2) is 0 Å². The van der Waals surface area contributed by atoms with Crippen LogP contribution in [0.4, 0.5) is 20.6 Å². The van der Waals surface area contributed by atoms with Gasteiger partial charge < -0.3 is 30.3 Å². The van der Waals surface area contributed by atoms with E-state index in [1.807, 2.05) is 12.1 Å². The predicted molar refractivity (Wildman–Crippen MR) is 150 cm³/mol. The molecule has 1 saturated heterocycles. The Morgan fingerprint density at radius 1 is 1.07 bits per heavy atom. The van der Waals surface area contributed by atoms with E-state index in [0.717, 1.165) is 12.0 Å². The maximum Gasteiger partial charge on any atom is 0.323 e. The largest absolute Gasteiger partial charge is 0.490 e. The summed E-state index contributed by atoms with van der Waals surface area (Å²) in [7, 11) is 1.72. The van der Waals surface area contributed by atoms with Gasteiger partial charge >= 0.3 is 6.03 Å². The number of rotatable bonds is 7. The Labute approximate surface area is 237 Å². The molecule has 10 nitrogen and oxygen atoms in total. The maximum atomic E-state index is 13.9. The number of para-hydroxylation sites is 1. The van der Waals surface area contributed by atoms with Crippen LogP contribution < -0.4 is 20.7 Å². The Balaban J connectivity index is 1.18. The van der Waals surface area contributed by atoms with Crippen LogP contribution in [-0.4, -0.2) is 66.2 Å². The third kappa shape index (κ3) is 6.98. The summed E-state index contributed by atoms with van der Waals surface area (Å²) in [6.45, 7) is 0.733. The number of nitrogens with one attached hydrogen (secondary N) is 3. The Bertz CT molecular complexity index is 1410. The van der Waals surface area contributed by atoms with E-state index in [-0.39, 0.29) is 42.7 Å². The summed E-state index contributed by atoms with van der Waals surface area (Å²) in [5, 5.41) is 8.04. The highest BCUT2D eigenvalue weighted by Crippen LogP contribution is 2.32. The monoisotopic (exact) mass is 561 g/mol. The first-order valence-electron chi connectivity index (χ1n) is 13.5. The fraction of sp³-hybridized carbons (Fsp3) is 0.333. The van der Waals surface area contributed by atoms with Gasteiger partial charge in [-0.3, -0.25) is 14.6 Å². The molecule has 2 aliphatic rings. The molecule has 1 fully saturated rings. The molecule has 0 saturated carbocycles. The van der Waals surface area contributed by atoms with Crippen molar-refractivity contribution in [3.63, 3.8) is 0 Å². The van der Waals surface area contributed by atoms with Gasteiger partial charge in [-0.2, -0.15) is 0 Å². The Morgan fingerprint density at radius 2 is 1.88 bits per heavy atom. The van der Waals surface area contributed by atoms with Gasteiger partial charge in [0.05, 0.1) is 29.8 Å². The first-order chi connectivity index (χ1) is 19.9. The summed E-state index contributed by atoms with van der Waals surface area (Å²) in [5.41, 5.74) is 1.80. The minimum Gasteiger partial charge on any atom is -0.490 e. The van der Waals surface area contributed by atoms with E-state index in [4.69, 9.17) is 9.47 Å². The van der Waals surface area contributed by atoms with Crippen LogP contribution in [0.5, 0.6) is 5.75 Å². The molecule has 0 spiro atoms. The first kappa shape index (κ1) is 28.0.